The molecule has 2 aromatic rings. The summed E-state index contributed by atoms with van der Waals surface area (Å²) < 4.78 is 32.7. The SMILES string of the molecule is CC(C)(C)c1csc(COc2c(F)cc(CCl)cc2F)n1. The van der Waals surface area contributed by atoms with Gasteiger partial charge in [-0.05, 0) is 17.7 Å². The number of aromatic nitrogens is 1. The summed E-state index contributed by atoms with van der Waals surface area (Å²) in [5, 5.41) is 2.61. The van der Waals surface area contributed by atoms with E-state index in [2.05, 4.69) is 25.8 Å². The van der Waals surface area contributed by atoms with E-state index in [0.717, 1.165) is 5.69 Å². The third-order valence-electron chi connectivity index (χ3n) is 2.87. The van der Waals surface area contributed by atoms with Gasteiger partial charge in [0.05, 0.1) is 5.69 Å². The Bertz CT molecular complexity index is 614. The fraction of sp³-hybridized carbons (Fsp3) is 0.400. The van der Waals surface area contributed by atoms with E-state index in [0.29, 0.717) is 10.6 Å². The Morgan fingerprint density at radius 3 is 2.33 bits per heavy atom. The minimum atomic E-state index is -0.752. The van der Waals surface area contributed by atoms with Gasteiger partial charge in [-0.15, -0.1) is 22.9 Å². The Morgan fingerprint density at radius 1 is 1.24 bits per heavy atom. The average molecular weight is 332 g/mol. The highest BCUT2D eigenvalue weighted by molar-refractivity contribution is 7.09. The summed E-state index contributed by atoms with van der Waals surface area (Å²) in [5.41, 5.74) is 1.25. The first kappa shape index (κ1) is 16.2. The number of hydrogen-bond donors (Lipinski definition) is 0. The Morgan fingerprint density at radius 2 is 1.86 bits per heavy atom. The van der Waals surface area contributed by atoms with E-state index in [1.165, 1.54) is 23.5 Å². The van der Waals surface area contributed by atoms with Gasteiger partial charge in [-0.1, -0.05) is 20.8 Å². The minimum Gasteiger partial charge on any atom is -0.480 e. The molecule has 0 spiro atoms. The number of halogens is 3. The van der Waals surface area contributed by atoms with Crippen LogP contribution < -0.4 is 4.74 Å². The molecular weight excluding hydrogens is 316 g/mol. The summed E-state index contributed by atoms with van der Waals surface area (Å²) in [4.78, 5) is 4.42. The Labute approximate surface area is 131 Å². The van der Waals surface area contributed by atoms with E-state index in [1.54, 1.807) is 0 Å². The number of hydrogen-bond acceptors (Lipinski definition) is 3. The van der Waals surface area contributed by atoms with Gasteiger partial charge in [-0.2, -0.15) is 0 Å². The molecule has 1 aromatic heterocycles. The number of rotatable bonds is 4. The number of thiazole rings is 1. The number of benzene rings is 1. The summed E-state index contributed by atoms with van der Waals surface area (Å²) in [6, 6.07) is 2.35. The van der Waals surface area contributed by atoms with Crippen molar-refractivity contribution >= 4 is 22.9 Å². The molecular formula is C15H16ClF2NOS. The van der Waals surface area contributed by atoms with Crippen molar-refractivity contribution < 1.29 is 13.5 Å². The van der Waals surface area contributed by atoms with Crippen molar-refractivity contribution in [1.82, 2.24) is 4.98 Å². The Hall–Kier alpha value is -1.20. The number of alkyl halides is 1. The van der Waals surface area contributed by atoms with Gasteiger partial charge in [-0.25, -0.2) is 13.8 Å². The molecule has 21 heavy (non-hydrogen) atoms. The quantitative estimate of drug-likeness (QED) is 0.732. The lowest BCUT2D eigenvalue weighted by Crippen LogP contribution is -2.11. The average Bonchev–Trinajstić information content (AvgIpc) is 2.86. The maximum absolute atomic E-state index is 13.8. The van der Waals surface area contributed by atoms with Gasteiger partial charge in [0.25, 0.3) is 0 Å². The van der Waals surface area contributed by atoms with Crippen molar-refractivity contribution in [2.24, 2.45) is 0 Å². The molecule has 1 aromatic carbocycles. The first-order valence-corrected chi connectivity index (χ1v) is 7.84. The predicted molar refractivity (Wildman–Crippen MR) is 81.1 cm³/mol. The highest BCUT2D eigenvalue weighted by Crippen LogP contribution is 2.27. The van der Waals surface area contributed by atoms with Gasteiger partial charge < -0.3 is 4.74 Å². The molecule has 0 saturated heterocycles. The fourth-order valence-corrected chi connectivity index (χ4v) is 2.77. The van der Waals surface area contributed by atoms with Crippen LogP contribution in [0, 0.1) is 11.6 Å². The minimum absolute atomic E-state index is 0.0365. The van der Waals surface area contributed by atoms with Crippen LogP contribution in [-0.2, 0) is 17.9 Å². The second-order valence-corrected chi connectivity index (χ2v) is 6.90. The monoisotopic (exact) mass is 331 g/mol. The lowest BCUT2D eigenvalue weighted by molar-refractivity contribution is 0.273. The molecule has 1 heterocycles. The van der Waals surface area contributed by atoms with E-state index in [9.17, 15) is 8.78 Å². The Balaban J connectivity index is 2.12. The molecule has 0 aliphatic rings. The highest BCUT2D eigenvalue weighted by Gasteiger charge is 2.18. The predicted octanol–water partition coefficient (Wildman–Crippen LogP) is 5.04. The smallest absolute Gasteiger partial charge is 0.191 e. The topological polar surface area (TPSA) is 22.1 Å². The molecule has 0 saturated carbocycles. The first-order valence-electron chi connectivity index (χ1n) is 6.43. The zero-order valence-corrected chi connectivity index (χ0v) is 13.6. The van der Waals surface area contributed by atoms with Gasteiger partial charge in [0, 0.05) is 16.7 Å². The third kappa shape index (κ3) is 3.92. The van der Waals surface area contributed by atoms with Crippen LogP contribution in [0.25, 0.3) is 0 Å². The molecule has 0 fully saturated rings. The summed E-state index contributed by atoms with van der Waals surface area (Å²) >= 11 is 6.97. The number of nitrogens with zero attached hydrogens (tertiary/aromatic N) is 1. The molecule has 0 N–H and O–H groups in total. The second-order valence-electron chi connectivity index (χ2n) is 5.69. The molecule has 0 unspecified atom stereocenters. The normalized spacial score (nSPS) is 11.7. The lowest BCUT2D eigenvalue weighted by atomic mass is 9.93. The van der Waals surface area contributed by atoms with Crippen molar-refractivity contribution in [3.8, 4) is 5.75 Å². The molecule has 0 aliphatic heterocycles. The zero-order valence-electron chi connectivity index (χ0n) is 12.0. The van der Waals surface area contributed by atoms with Crippen molar-refractivity contribution in [2.45, 2.75) is 38.7 Å². The van der Waals surface area contributed by atoms with Gasteiger partial charge in [0.2, 0.25) is 0 Å². The van der Waals surface area contributed by atoms with Crippen molar-refractivity contribution in [2.75, 3.05) is 0 Å². The van der Waals surface area contributed by atoms with Crippen LogP contribution >= 0.6 is 22.9 Å². The maximum atomic E-state index is 13.8. The van der Waals surface area contributed by atoms with Crippen LogP contribution in [0.1, 0.15) is 37.0 Å². The van der Waals surface area contributed by atoms with Gasteiger partial charge in [0.15, 0.2) is 17.4 Å². The lowest BCUT2D eigenvalue weighted by Gasteiger charge is -2.14. The maximum Gasteiger partial charge on any atom is 0.191 e. The van der Waals surface area contributed by atoms with Crippen molar-refractivity contribution in [1.29, 1.82) is 0 Å². The molecule has 0 bridgehead atoms. The van der Waals surface area contributed by atoms with Gasteiger partial charge >= 0.3 is 0 Å². The van der Waals surface area contributed by atoms with E-state index >= 15 is 0 Å². The molecule has 2 rings (SSSR count). The summed E-state index contributed by atoms with van der Waals surface area (Å²) in [5.74, 6) is -1.84. The first-order chi connectivity index (χ1) is 9.81. The van der Waals surface area contributed by atoms with E-state index < -0.39 is 17.4 Å². The van der Waals surface area contributed by atoms with Crippen LogP contribution in [0.3, 0.4) is 0 Å². The zero-order chi connectivity index (χ0) is 15.6. The molecule has 6 heteroatoms. The summed E-state index contributed by atoms with van der Waals surface area (Å²) in [7, 11) is 0. The molecule has 0 atom stereocenters. The van der Waals surface area contributed by atoms with Crippen LogP contribution in [0.4, 0.5) is 8.78 Å². The molecule has 0 amide bonds. The van der Waals surface area contributed by atoms with Gasteiger partial charge in [0.1, 0.15) is 11.6 Å². The number of ether oxygens (including phenoxy) is 1. The second kappa shape index (κ2) is 6.28. The largest absolute Gasteiger partial charge is 0.480 e. The molecule has 0 radical (unpaired) electrons. The highest BCUT2D eigenvalue weighted by atomic mass is 35.5. The standard InChI is InChI=1S/C15H16ClF2NOS/c1-15(2,3)12-8-21-13(19-12)7-20-14-10(17)4-9(6-16)5-11(14)18/h4-5,8H,6-7H2,1-3H3. The van der Waals surface area contributed by atoms with E-state index in [-0.39, 0.29) is 17.9 Å². The van der Waals surface area contributed by atoms with Crippen LogP contribution in [0.2, 0.25) is 0 Å². The fourth-order valence-electron chi connectivity index (χ4n) is 1.68. The van der Waals surface area contributed by atoms with Gasteiger partial charge in [-0.3, -0.25) is 0 Å². The van der Waals surface area contributed by atoms with Crippen LogP contribution in [0.15, 0.2) is 17.5 Å². The molecule has 114 valence electrons. The van der Waals surface area contributed by atoms with E-state index in [4.69, 9.17) is 16.3 Å². The van der Waals surface area contributed by atoms with E-state index in [1.807, 2.05) is 5.38 Å². The third-order valence-corrected chi connectivity index (χ3v) is 4.00. The summed E-state index contributed by atoms with van der Waals surface area (Å²) in [6.45, 7) is 6.19. The van der Waals surface area contributed by atoms with Crippen LogP contribution in [-0.4, -0.2) is 4.98 Å². The molecule has 2 nitrogen and oxygen atoms in total. The summed E-state index contributed by atoms with van der Waals surface area (Å²) in [6.07, 6.45) is 0. The van der Waals surface area contributed by atoms with Crippen LogP contribution in [0.5, 0.6) is 5.75 Å². The Kier molecular flexibility index (Phi) is 4.84. The molecule has 0 aliphatic carbocycles. The van der Waals surface area contributed by atoms with Crippen molar-refractivity contribution in [3.63, 3.8) is 0 Å². The van der Waals surface area contributed by atoms with Crippen molar-refractivity contribution in [3.05, 3.63) is 45.4 Å².